The van der Waals surface area contributed by atoms with E-state index in [9.17, 15) is 22.4 Å². The van der Waals surface area contributed by atoms with Gasteiger partial charge in [0, 0.05) is 33.1 Å². The van der Waals surface area contributed by atoms with Gasteiger partial charge in [-0.15, -0.1) is 0 Å². The summed E-state index contributed by atoms with van der Waals surface area (Å²) in [6.07, 6.45) is 4.03. The van der Waals surface area contributed by atoms with Crippen LogP contribution in [0, 0.1) is 12.7 Å². The highest BCUT2D eigenvalue weighted by atomic mass is 32.2. The molecule has 0 saturated heterocycles. The first kappa shape index (κ1) is 31.2. The van der Waals surface area contributed by atoms with E-state index < -0.39 is 34.5 Å². The number of anilines is 1. The molecule has 4 rings (SSSR count). The largest absolute Gasteiger partial charge is 0.352 e. The van der Waals surface area contributed by atoms with Crippen molar-refractivity contribution in [1.82, 2.24) is 14.5 Å². The Morgan fingerprint density at radius 1 is 0.929 bits per heavy atom. The molecule has 0 heterocycles. The van der Waals surface area contributed by atoms with Crippen molar-refractivity contribution in [1.29, 1.82) is 0 Å². The number of para-hydroxylation sites is 1. The summed E-state index contributed by atoms with van der Waals surface area (Å²) in [6.45, 7) is 1.33. The highest BCUT2D eigenvalue weighted by Crippen LogP contribution is 2.25. The SMILES string of the molecule is Cc1cccc(CN(C(=O)CN(c2ccccc2F)S(=O)(=O)N(C)C)C(Cc2ccccc2)C(=O)NC2CCCC2)c1. The van der Waals surface area contributed by atoms with Gasteiger partial charge in [0.05, 0.1) is 5.69 Å². The lowest BCUT2D eigenvalue weighted by molar-refractivity contribution is -0.140. The maximum absolute atomic E-state index is 15.0. The van der Waals surface area contributed by atoms with E-state index in [1.807, 2.05) is 61.5 Å². The Kier molecular flexibility index (Phi) is 10.3. The number of carbonyl (C=O) groups is 2. The van der Waals surface area contributed by atoms with Crippen molar-refractivity contribution in [2.45, 2.75) is 57.7 Å². The second kappa shape index (κ2) is 13.9. The van der Waals surface area contributed by atoms with Crippen LogP contribution in [0.25, 0.3) is 0 Å². The van der Waals surface area contributed by atoms with E-state index in [4.69, 9.17) is 0 Å². The summed E-state index contributed by atoms with van der Waals surface area (Å²) >= 11 is 0. The van der Waals surface area contributed by atoms with Gasteiger partial charge in [0.1, 0.15) is 18.4 Å². The van der Waals surface area contributed by atoms with Gasteiger partial charge in [-0.1, -0.05) is 85.1 Å². The maximum atomic E-state index is 15.0. The molecule has 2 amide bonds. The van der Waals surface area contributed by atoms with Crippen LogP contribution in [0.1, 0.15) is 42.4 Å². The summed E-state index contributed by atoms with van der Waals surface area (Å²) in [7, 11) is -1.62. The van der Waals surface area contributed by atoms with E-state index in [1.165, 1.54) is 37.2 Å². The second-order valence-corrected chi connectivity index (χ2v) is 13.0. The van der Waals surface area contributed by atoms with Gasteiger partial charge >= 0.3 is 10.2 Å². The van der Waals surface area contributed by atoms with E-state index in [0.717, 1.165) is 57.1 Å². The topological polar surface area (TPSA) is 90.0 Å². The molecule has 1 atom stereocenters. The van der Waals surface area contributed by atoms with Gasteiger partial charge in [-0.25, -0.2) is 8.70 Å². The molecule has 0 radical (unpaired) electrons. The Hall–Kier alpha value is -3.76. The number of amides is 2. The smallest absolute Gasteiger partial charge is 0.304 e. The van der Waals surface area contributed by atoms with Gasteiger partial charge in [0.25, 0.3) is 0 Å². The third-order valence-electron chi connectivity index (χ3n) is 7.55. The molecule has 42 heavy (non-hydrogen) atoms. The second-order valence-electron chi connectivity index (χ2n) is 11.0. The first-order chi connectivity index (χ1) is 20.1. The van der Waals surface area contributed by atoms with Gasteiger partial charge in [-0.05, 0) is 43.0 Å². The van der Waals surface area contributed by atoms with Crippen LogP contribution >= 0.6 is 0 Å². The molecule has 1 aliphatic carbocycles. The third-order valence-corrected chi connectivity index (χ3v) is 9.35. The molecular weight excluding hydrogens is 555 g/mol. The van der Waals surface area contributed by atoms with Crippen molar-refractivity contribution >= 4 is 27.7 Å². The van der Waals surface area contributed by atoms with Gasteiger partial charge in [-0.2, -0.15) is 12.7 Å². The van der Waals surface area contributed by atoms with Crippen molar-refractivity contribution in [3.63, 3.8) is 0 Å². The third kappa shape index (κ3) is 7.74. The predicted octanol–water partition coefficient (Wildman–Crippen LogP) is 4.45. The number of nitrogens with zero attached hydrogens (tertiary/aromatic N) is 3. The number of aryl methyl sites for hydroxylation is 1. The Morgan fingerprint density at radius 3 is 2.21 bits per heavy atom. The lowest BCUT2D eigenvalue weighted by atomic mass is 10.0. The Labute approximate surface area is 248 Å². The summed E-state index contributed by atoms with van der Waals surface area (Å²) < 4.78 is 43.5. The molecule has 0 aliphatic heterocycles. The molecule has 0 bridgehead atoms. The average Bonchev–Trinajstić information content (AvgIpc) is 3.47. The molecule has 1 unspecified atom stereocenters. The number of benzene rings is 3. The van der Waals surface area contributed by atoms with Crippen molar-refractivity contribution in [3.05, 3.63) is 101 Å². The minimum Gasteiger partial charge on any atom is -0.352 e. The molecule has 0 spiro atoms. The summed E-state index contributed by atoms with van der Waals surface area (Å²) in [5.74, 6) is -1.69. The molecule has 1 aliphatic rings. The van der Waals surface area contributed by atoms with E-state index in [-0.39, 0.29) is 30.6 Å². The van der Waals surface area contributed by atoms with Gasteiger partial charge in [0.15, 0.2) is 0 Å². The summed E-state index contributed by atoms with van der Waals surface area (Å²) in [6, 6.07) is 21.6. The number of halogens is 1. The molecule has 224 valence electrons. The summed E-state index contributed by atoms with van der Waals surface area (Å²) in [5.41, 5.74) is 2.39. The maximum Gasteiger partial charge on any atom is 0.304 e. The fourth-order valence-electron chi connectivity index (χ4n) is 5.28. The zero-order valence-corrected chi connectivity index (χ0v) is 25.2. The number of rotatable bonds is 12. The highest BCUT2D eigenvalue weighted by Gasteiger charge is 2.36. The van der Waals surface area contributed by atoms with Crippen LogP contribution in [0.15, 0.2) is 78.9 Å². The molecular formula is C32H39FN4O4S. The van der Waals surface area contributed by atoms with Crippen LogP contribution in [0.4, 0.5) is 10.1 Å². The van der Waals surface area contributed by atoms with E-state index in [0.29, 0.717) is 0 Å². The fourth-order valence-corrected chi connectivity index (χ4v) is 6.35. The lowest BCUT2D eigenvalue weighted by Gasteiger charge is -2.35. The zero-order chi connectivity index (χ0) is 30.3. The monoisotopic (exact) mass is 594 g/mol. The van der Waals surface area contributed by atoms with Crippen LogP contribution < -0.4 is 9.62 Å². The predicted molar refractivity (Wildman–Crippen MR) is 162 cm³/mol. The van der Waals surface area contributed by atoms with Crippen LogP contribution in [0.5, 0.6) is 0 Å². The number of carbonyl (C=O) groups excluding carboxylic acids is 2. The van der Waals surface area contributed by atoms with E-state index in [2.05, 4.69) is 5.32 Å². The number of hydrogen-bond acceptors (Lipinski definition) is 4. The number of hydrogen-bond donors (Lipinski definition) is 1. The van der Waals surface area contributed by atoms with Crippen LogP contribution in [0.2, 0.25) is 0 Å². The molecule has 1 fully saturated rings. The Morgan fingerprint density at radius 2 is 1.57 bits per heavy atom. The fraction of sp³-hybridized carbons (Fsp3) is 0.375. The quantitative estimate of drug-likeness (QED) is 0.336. The Bertz CT molecular complexity index is 1480. The van der Waals surface area contributed by atoms with Crippen LogP contribution in [0.3, 0.4) is 0 Å². The zero-order valence-electron chi connectivity index (χ0n) is 24.4. The molecule has 1 N–H and O–H groups in total. The molecule has 3 aromatic rings. The van der Waals surface area contributed by atoms with E-state index >= 15 is 0 Å². The first-order valence-electron chi connectivity index (χ1n) is 14.2. The van der Waals surface area contributed by atoms with Gasteiger partial charge in [-0.3, -0.25) is 9.59 Å². The standard InChI is InChI=1S/C32H39FN4O4S/c1-24-12-11-15-26(20-24)22-36(30(21-25-13-5-4-6-14-25)32(39)34-27-16-7-8-17-27)31(38)23-37(42(40,41)35(2)3)29-19-10-9-18-28(29)33/h4-6,9-15,18-20,27,30H,7-8,16-17,21-23H2,1-3H3,(H,34,39). The van der Waals surface area contributed by atoms with Gasteiger partial charge in [0.2, 0.25) is 11.8 Å². The normalized spacial score (nSPS) is 14.5. The molecule has 1 saturated carbocycles. The lowest BCUT2D eigenvalue weighted by Crippen LogP contribution is -2.55. The van der Waals surface area contributed by atoms with E-state index in [1.54, 1.807) is 0 Å². The van der Waals surface area contributed by atoms with Gasteiger partial charge < -0.3 is 10.2 Å². The molecule has 0 aromatic heterocycles. The minimum absolute atomic E-state index is 0.0238. The number of nitrogens with one attached hydrogen (secondary N) is 1. The molecule has 3 aromatic carbocycles. The summed E-state index contributed by atoms with van der Waals surface area (Å²) in [4.78, 5) is 29.6. The molecule has 10 heteroatoms. The van der Waals surface area contributed by atoms with Crippen LogP contribution in [-0.4, -0.2) is 62.2 Å². The van der Waals surface area contributed by atoms with Crippen molar-refractivity contribution in [2.24, 2.45) is 0 Å². The Balaban J connectivity index is 1.76. The highest BCUT2D eigenvalue weighted by molar-refractivity contribution is 7.90. The average molecular weight is 595 g/mol. The van der Waals surface area contributed by atoms with Crippen LogP contribution in [-0.2, 0) is 32.8 Å². The van der Waals surface area contributed by atoms with Crippen molar-refractivity contribution in [3.8, 4) is 0 Å². The van der Waals surface area contributed by atoms with Crippen molar-refractivity contribution in [2.75, 3.05) is 24.9 Å². The molecule has 8 nitrogen and oxygen atoms in total. The summed E-state index contributed by atoms with van der Waals surface area (Å²) in [5, 5.41) is 3.14. The minimum atomic E-state index is -4.27. The van der Waals surface area contributed by atoms with Crippen molar-refractivity contribution < 1.29 is 22.4 Å². The first-order valence-corrected chi connectivity index (χ1v) is 15.6.